The molecular formula is C47H65N7O9S2. The second-order valence-corrected chi connectivity index (χ2v) is 22.2. The second-order valence-electron chi connectivity index (χ2n) is 19.2. The molecule has 4 aromatic rings. The van der Waals surface area contributed by atoms with Crippen LogP contribution in [-0.4, -0.2) is 99.4 Å². The zero-order valence-electron chi connectivity index (χ0n) is 38.0. The Kier molecular flexibility index (Phi) is 12.6. The fourth-order valence-corrected chi connectivity index (χ4v) is 10.9. The summed E-state index contributed by atoms with van der Waals surface area (Å²) in [6, 6.07) is 11.6. The molecule has 0 spiro atoms. The minimum Gasteiger partial charge on any atom is -0.496 e. The average molecular weight is 936 g/mol. The van der Waals surface area contributed by atoms with Gasteiger partial charge in [-0.2, -0.15) is 4.98 Å². The first-order valence-corrected chi connectivity index (χ1v) is 24.8. The molecule has 2 aromatic carbocycles. The number of allylic oxidation sites excluding steroid dienone is 1. The molecule has 18 heteroatoms. The maximum Gasteiger partial charge on any atom is 0.408 e. The van der Waals surface area contributed by atoms with E-state index in [0.29, 0.717) is 43.4 Å². The van der Waals surface area contributed by atoms with E-state index in [-0.39, 0.29) is 35.7 Å². The van der Waals surface area contributed by atoms with E-state index in [1.54, 1.807) is 34.8 Å². The molecule has 354 valence electrons. The average Bonchev–Trinajstić information content (AvgIpc) is 3.92. The van der Waals surface area contributed by atoms with Crippen LogP contribution in [-0.2, 0) is 29.1 Å². The van der Waals surface area contributed by atoms with Crippen LogP contribution in [0.2, 0.25) is 0 Å². The molecule has 16 nitrogen and oxygen atoms in total. The van der Waals surface area contributed by atoms with Crippen molar-refractivity contribution in [1.82, 2.24) is 34.8 Å². The third-order valence-corrected chi connectivity index (χ3v) is 15.8. The number of nitrogens with one attached hydrogen (secondary N) is 3. The van der Waals surface area contributed by atoms with E-state index < -0.39 is 73.8 Å². The molecule has 4 amide bonds. The standard InChI is InChI=1S/C47H59N7O9S2.3H2/c1-28(2)54-35-20-15-18-32(40-48-34(27-64-40)31-17-13-14-21-37(31)61-7)38(35)50-43(54)62-30-24-36-39(55)51-47(42(57)52-65(59,60)46(6)22-23-46)25-29(47)16-11-9-8-10-12-19-33(41(56)53(36)26-30)49-44(58)63-45(3,4)5;;;/h11,13-18,20-21,27-30,33,36H,8-10,12,19,22-26H2,1-7H3,(H,49,58)(H,51,55)(H,52,57);3*1H/b16-11-;;;/t29-,30-,33+,36+,47-;;;/m1.../s1. The molecule has 5 atom stereocenters. The van der Waals surface area contributed by atoms with Gasteiger partial charge in [0.2, 0.25) is 21.8 Å². The van der Waals surface area contributed by atoms with Crippen LogP contribution in [0.3, 0.4) is 0 Å². The van der Waals surface area contributed by atoms with Crippen LogP contribution < -0.4 is 24.8 Å². The maximum atomic E-state index is 14.8. The SMILES string of the molecule is COc1ccccc1-c1csc(-c2cccc3c2nc(O[C@@H]2C[C@H]4C(=O)N[C@]5(C(=O)NS(=O)(=O)C6(C)CC6)C[C@H]5/C=C\CCCCC[C@H](NC(=O)OC(C)(C)C)C(=O)N4C2)n3C(C)C)n1.[HH].[HH].[HH]. The van der Waals surface area contributed by atoms with Crippen LogP contribution >= 0.6 is 11.3 Å². The Labute approximate surface area is 388 Å². The zero-order chi connectivity index (χ0) is 46.5. The fourth-order valence-electron chi connectivity index (χ4n) is 8.77. The molecule has 2 aliphatic carbocycles. The maximum absolute atomic E-state index is 14.8. The van der Waals surface area contributed by atoms with E-state index >= 15 is 0 Å². The second kappa shape index (κ2) is 17.7. The van der Waals surface area contributed by atoms with Gasteiger partial charge in [-0.3, -0.25) is 23.7 Å². The number of ether oxygens (including phenoxy) is 3. The quantitative estimate of drug-likeness (QED) is 0.131. The van der Waals surface area contributed by atoms with Crippen molar-refractivity contribution in [2.45, 2.75) is 139 Å². The highest BCUT2D eigenvalue weighted by molar-refractivity contribution is 7.91. The third-order valence-electron chi connectivity index (χ3n) is 12.8. The van der Waals surface area contributed by atoms with Gasteiger partial charge in [0, 0.05) is 39.2 Å². The van der Waals surface area contributed by atoms with Crippen molar-refractivity contribution >= 4 is 56.2 Å². The number of sulfonamides is 1. The summed E-state index contributed by atoms with van der Waals surface area (Å²) in [5, 5.41) is 8.44. The highest BCUT2D eigenvalue weighted by Crippen LogP contribution is 2.48. The van der Waals surface area contributed by atoms with E-state index in [1.165, 1.54) is 16.2 Å². The van der Waals surface area contributed by atoms with Gasteiger partial charge in [-0.25, -0.2) is 18.2 Å². The van der Waals surface area contributed by atoms with Gasteiger partial charge in [0.15, 0.2) is 0 Å². The lowest BCUT2D eigenvalue weighted by Gasteiger charge is -2.30. The molecular weight excluding hydrogens is 871 g/mol. The highest BCUT2D eigenvalue weighted by Gasteiger charge is 2.63. The molecule has 2 aromatic heterocycles. The van der Waals surface area contributed by atoms with Crippen LogP contribution in [0.1, 0.15) is 110 Å². The Hall–Kier alpha value is -5.49. The van der Waals surface area contributed by atoms with Crippen molar-refractivity contribution < 1.29 is 46.1 Å². The summed E-state index contributed by atoms with van der Waals surface area (Å²) in [4.78, 5) is 68.2. The lowest BCUT2D eigenvalue weighted by atomic mass is 10.0. The third kappa shape index (κ3) is 9.46. The van der Waals surface area contributed by atoms with Crippen molar-refractivity contribution in [3.05, 3.63) is 60.0 Å². The zero-order valence-corrected chi connectivity index (χ0v) is 39.6. The van der Waals surface area contributed by atoms with Crippen molar-refractivity contribution in [3.8, 4) is 33.6 Å². The van der Waals surface area contributed by atoms with Gasteiger partial charge in [0.25, 0.3) is 11.9 Å². The first-order chi connectivity index (χ1) is 30.8. The summed E-state index contributed by atoms with van der Waals surface area (Å²) >= 11 is 1.49. The van der Waals surface area contributed by atoms with Gasteiger partial charge in [0.1, 0.15) is 45.6 Å². The molecule has 4 aliphatic rings. The number of imidazole rings is 1. The van der Waals surface area contributed by atoms with Crippen LogP contribution in [0.4, 0.5) is 4.79 Å². The van der Waals surface area contributed by atoms with E-state index in [9.17, 15) is 27.6 Å². The number of hydrogen-bond acceptors (Lipinski definition) is 12. The largest absolute Gasteiger partial charge is 0.496 e. The highest BCUT2D eigenvalue weighted by atomic mass is 32.2. The van der Waals surface area contributed by atoms with Crippen molar-refractivity contribution in [3.63, 3.8) is 0 Å². The van der Waals surface area contributed by atoms with Crippen LogP contribution in [0.25, 0.3) is 32.9 Å². The van der Waals surface area contributed by atoms with E-state index in [4.69, 9.17) is 24.2 Å². The number of rotatable bonds is 10. The number of carbonyl (C=O) groups is 4. The van der Waals surface area contributed by atoms with Crippen molar-refractivity contribution in [2.75, 3.05) is 13.7 Å². The topological polar surface area (TPSA) is 200 Å². The number of aromatic nitrogens is 3. The van der Waals surface area contributed by atoms with Gasteiger partial charge >= 0.3 is 6.09 Å². The monoisotopic (exact) mass is 935 g/mol. The van der Waals surface area contributed by atoms with E-state index in [0.717, 1.165) is 40.2 Å². The van der Waals surface area contributed by atoms with Gasteiger partial charge in [-0.05, 0) is 104 Å². The van der Waals surface area contributed by atoms with E-state index in [1.807, 2.05) is 78.4 Å². The van der Waals surface area contributed by atoms with Crippen LogP contribution in [0.15, 0.2) is 60.0 Å². The Balaban J connectivity index is 0.00000288. The fraction of sp³-hybridized carbons (Fsp3) is 0.532. The molecule has 0 unspecified atom stereocenters. The van der Waals surface area contributed by atoms with E-state index in [2.05, 4.69) is 15.4 Å². The van der Waals surface area contributed by atoms with Crippen LogP contribution in [0, 0.1) is 5.92 Å². The number of methoxy groups -OCH3 is 1. The number of para-hydroxylation sites is 2. The Morgan fingerprint density at radius 1 is 1.03 bits per heavy atom. The van der Waals surface area contributed by atoms with Crippen molar-refractivity contribution in [2.24, 2.45) is 5.92 Å². The molecule has 0 bridgehead atoms. The summed E-state index contributed by atoms with van der Waals surface area (Å²) in [5.41, 5.74) is 1.53. The normalized spacial score (nSPS) is 25.1. The number of thiazole rings is 1. The Bertz CT molecular complexity index is 2650. The molecule has 65 heavy (non-hydrogen) atoms. The number of alkyl carbamates (subject to hydrolysis) is 1. The molecule has 3 N–H and O–H groups in total. The summed E-state index contributed by atoms with van der Waals surface area (Å²) < 4.78 is 47.7. The number of benzene rings is 2. The predicted octanol–water partition coefficient (Wildman–Crippen LogP) is 7.79. The van der Waals surface area contributed by atoms with Gasteiger partial charge in [0.05, 0.1) is 29.6 Å². The first-order valence-electron chi connectivity index (χ1n) is 22.5. The minimum atomic E-state index is -4.02. The summed E-state index contributed by atoms with van der Waals surface area (Å²) in [7, 11) is -2.39. The molecule has 0 radical (unpaired) electrons. The molecule has 2 saturated carbocycles. The lowest BCUT2D eigenvalue weighted by Crippen LogP contribution is -2.58. The molecule has 8 rings (SSSR count). The summed E-state index contributed by atoms with van der Waals surface area (Å²) in [6.07, 6.45) is 6.50. The van der Waals surface area contributed by atoms with Gasteiger partial charge in [-0.1, -0.05) is 43.2 Å². The van der Waals surface area contributed by atoms with Gasteiger partial charge < -0.3 is 29.7 Å². The summed E-state index contributed by atoms with van der Waals surface area (Å²) in [6.45, 7) is 10.8. The number of carbonyl (C=O) groups excluding carboxylic acids is 4. The number of nitrogens with zero attached hydrogens (tertiary/aromatic N) is 4. The smallest absolute Gasteiger partial charge is 0.408 e. The summed E-state index contributed by atoms with van der Waals surface area (Å²) in [5.74, 6) is -1.68. The Morgan fingerprint density at radius 3 is 2.51 bits per heavy atom. The minimum absolute atomic E-state index is 0. The van der Waals surface area contributed by atoms with Crippen molar-refractivity contribution in [1.29, 1.82) is 0 Å². The molecule has 4 heterocycles. The molecule has 3 fully saturated rings. The first kappa shape index (κ1) is 46.1. The molecule has 2 aliphatic heterocycles. The number of amides is 4. The van der Waals surface area contributed by atoms with Gasteiger partial charge in [-0.15, -0.1) is 11.3 Å². The number of hydrogen-bond donors (Lipinski definition) is 3. The lowest BCUT2D eigenvalue weighted by molar-refractivity contribution is -0.141. The Morgan fingerprint density at radius 2 is 1.78 bits per heavy atom. The molecule has 1 saturated heterocycles. The number of fused-ring (bicyclic) bond motifs is 3. The van der Waals surface area contributed by atoms with Crippen LogP contribution in [0.5, 0.6) is 11.8 Å². The predicted molar refractivity (Wildman–Crippen MR) is 253 cm³/mol.